The number of ether oxygens (including phenoxy) is 1. The third-order valence-electron chi connectivity index (χ3n) is 4.04. The summed E-state index contributed by atoms with van der Waals surface area (Å²) in [5, 5.41) is 23.3. The molecule has 0 spiro atoms. The summed E-state index contributed by atoms with van der Waals surface area (Å²) in [6, 6.07) is 8.14. The Balaban J connectivity index is 2.14. The molecule has 7 nitrogen and oxygen atoms in total. The fourth-order valence-corrected chi connectivity index (χ4v) is 2.95. The van der Waals surface area contributed by atoms with Crippen molar-refractivity contribution in [1.82, 2.24) is 10.2 Å². The molecule has 1 saturated heterocycles. The number of carbonyl (C=O) groups excluding carboxylic acids is 1. The number of carbonyl (C=O) groups is 2. The van der Waals surface area contributed by atoms with Gasteiger partial charge in [0.15, 0.2) is 0 Å². The van der Waals surface area contributed by atoms with E-state index in [2.05, 4.69) is 5.32 Å². The van der Waals surface area contributed by atoms with E-state index in [1.165, 1.54) is 0 Å². The van der Waals surface area contributed by atoms with Gasteiger partial charge in [0.25, 0.3) is 0 Å². The van der Waals surface area contributed by atoms with E-state index in [0.717, 1.165) is 10.5 Å². The number of carboxylic acid groups (broad SMARTS) is 1. The fourth-order valence-electron chi connectivity index (χ4n) is 2.95. The molecule has 1 heterocycles. The minimum absolute atomic E-state index is 0.112. The highest BCUT2D eigenvalue weighted by Crippen LogP contribution is 2.29. The first kappa shape index (κ1) is 19.2. The Labute approximate surface area is 147 Å². The first-order valence-corrected chi connectivity index (χ1v) is 8.28. The van der Waals surface area contributed by atoms with Crippen molar-refractivity contribution in [3.05, 3.63) is 35.9 Å². The smallest absolute Gasteiger partial charge is 0.411 e. The maximum absolute atomic E-state index is 12.3. The number of β-amino-alcohol motifs (C(OH)–C–C–N with tert-alkyl or cyclic N) is 1. The largest absolute Gasteiger partial charge is 0.480 e. The lowest BCUT2D eigenvalue weighted by Gasteiger charge is -2.29. The molecular weight excluding hydrogens is 324 g/mol. The van der Waals surface area contributed by atoms with Crippen LogP contribution in [0.1, 0.15) is 45.7 Å². The van der Waals surface area contributed by atoms with E-state index in [4.69, 9.17) is 4.74 Å². The zero-order valence-corrected chi connectivity index (χ0v) is 15.0. The van der Waals surface area contributed by atoms with E-state index in [1.807, 2.05) is 37.3 Å². The van der Waals surface area contributed by atoms with E-state index in [0.29, 0.717) is 0 Å². The van der Waals surface area contributed by atoms with Gasteiger partial charge < -0.3 is 14.9 Å². The van der Waals surface area contributed by atoms with Gasteiger partial charge in [0.2, 0.25) is 0 Å². The molecule has 0 bridgehead atoms. The third-order valence-corrected chi connectivity index (χ3v) is 4.04. The molecule has 3 N–H and O–H groups in total. The van der Waals surface area contributed by atoms with Gasteiger partial charge in [0.05, 0.1) is 6.54 Å². The summed E-state index contributed by atoms with van der Waals surface area (Å²) >= 11 is 0. The van der Waals surface area contributed by atoms with Crippen LogP contribution in [0.2, 0.25) is 0 Å². The number of hydrogen-bond donors (Lipinski definition) is 3. The summed E-state index contributed by atoms with van der Waals surface area (Å²) in [5.41, 5.74) is -1.29. The van der Waals surface area contributed by atoms with E-state index in [1.54, 1.807) is 20.8 Å². The Morgan fingerprint density at radius 2 is 1.92 bits per heavy atom. The second kappa shape index (κ2) is 7.01. The SMILES string of the molecule is CC(NC1(O)CC(C(=O)O)N(C(=O)OC(C)(C)C)C1)c1ccccc1. The van der Waals surface area contributed by atoms with Crippen LogP contribution in [0.3, 0.4) is 0 Å². The quantitative estimate of drug-likeness (QED) is 0.720. The molecule has 3 unspecified atom stereocenters. The van der Waals surface area contributed by atoms with Crippen molar-refractivity contribution in [3.63, 3.8) is 0 Å². The summed E-state index contributed by atoms with van der Waals surface area (Å²) in [6.45, 7) is 6.84. The molecule has 3 atom stereocenters. The van der Waals surface area contributed by atoms with E-state index in [-0.39, 0.29) is 19.0 Å². The normalized spacial score (nSPS) is 24.8. The predicted molar refractivity (Wildman–Crippen MR) is 91.9 cm³/mol. The number of benzene rings is 1. The van der Waals surface area contributed by atoms with Crippen LogP contribution in [0.5, 0.6) is 0 Å². The number of aliphatic carboxylic acids is 1. The molecule has 1 fully saturated rings. The Morgan fingerprint density at radius 3 is 2.44 bits per heavy atom. The predicted octanol–water partition coefficient (Wildman–Crippen LogP) is 2.12. The fraction of sp³-hybridized carbons (Fsp3) is 0.556. The molecule has 138 valence electrons. The van der Waals surface area contributed by atoms with Crippen LogP contribution < -0.4 is 5.32 Å². The van der Waals surface area contributed by atoms with Crippen molar-refractivity contribution in [2.45, 2.75) is 57.5 Å². The summed E-state index contributed by atoms with van der Waals surface area (Å²) < 4.78 is 5.27. The number of hydrogen-bond acceptors (Lipinski definition) is 5. The van der Waals surface area contributed by atoms with Crippen LogP contribution in [0, 0.1) is 0 Å². The number of rotatable bonds is 4. The van der Waals surface area contributed by atoms with Crippen LogP contribution in [0.4, 0.5) is 4.79 Å². The van der Waals surface area contributed by atoms with Crippen LogP contribution in [0.25, 0.3) is 0 Å². The van der Waals surface area contributed by atoms with Crippen molar-refractivity contribution in [1.29, 1.82) is 0 Å². The maximum Gasteiger partial charge on any atom is 0.411 e. The third kappa shape index (κ3) is 4.93. The van der Waals surface area contributed by atoms with Gasteiger partial charge in [-0.3, -0.25) is 10.2 Å². The molecule has 1 aromatic rings. The van der Waals surface area contributed by atoms with Gasteiger partial charge in [-0.2, -0.15) is 0 Å². The van der Waals surface area contributed by atoms with Gasteiger partial charge in [-0.05, 0) is 33.3 Å². The minimum Gasteiger partial charge on any atom is -0.480 e. The average molecular weight is 350 g/mol. The van der Waals surface area contributed by atoms with Crippen LogP contribution in [-0.4, -0.2) is 51.1 Å². The Bertz CT molecular complexity index is 628. The molecule has 1 amide bonds. The van der Waals surface area contributed by atoms with E-state index < -0.39 is 29.4 Å². The van der Waals surface area contributed by atoms with Gasteiger partial charge in [0, 0.05) is 12.5 Å². The van der Waals surface area contributed by atoms with Gasteiger partial charge in [-0.1, -0.05) is 30.3 Å². The number of nitrogens with one attached hydrogen (secondary N) is 1. The van der Waals surface area contributed by atoms with Gasteiger partial charge >= 0.3 is 12.1 Å². The number of amides is 1. The topological polar surface area (TPSA) is 99.1 Å². The van der Waals surface area contributed by atoms with Crippen molar-refractivity contribution in [3.8, 4) is 0 Å². The lowest BCUT2D eigenvalue weighted by Crippen LogP contribution is -2.49. The number of likely N-dealkylation sites (tertiary alicyclic amines) is 1. The van der Waals surface area contributed by atoms with Gasteiger partial charge in [-0.15, -0.1) is 0 Å². The molecule has 0 aliphatic carbocycles. The van der Waals surface area contributed by atoms with Crippen molar-refractivity contribution < 1.29 is 24.5 Å². The van der Waals surface area contributed by atoms with Crippen molar-refractivity contribution in [2.75, 3.05) is 6.54 Å². The summed E-state index contributed by atoms with van der Waals surface area (Å²) in [7, 11) is 0. The second-order valence-electron chi connectivity index (χ2n) is 7.47. The van der Waals surface area contributed by atoms with Crippen LogP contribution in [-0.2, 0) is 9.53 Å². The summed E-state index contributed by atoms with van der Waals surface area (Å²) in [5.74, 6) is -1.17. The molecule has 25 heavy (non-hydrogen) atoms. The molecular formula is C18H26N2O5. The number of nitrogens with zero attached hydrogens (tertiary/aromatic N) is 1. The molecule has 0 aromatic heterocycles. The van der Waals surface area contributed by atoms with Crippen LogP contribution in [0.15, 0.2) is 30.3 Å². The highest BCUT2D eigenvalue weighted by atomic mass is 16.6. The second-order valence-corrected chi connectivity index (χ2v) is 7.47. The molecule has 0 radical (unpaired) electrons. The first-order valence-electron chi connectivity index (χ1n) is 8.28. The zero-order valence-electron chi connectivity index (χ0n) is 15.0. The zero-order chi connectivity index (χ0) is 18.8. The number of aliphatic hydroxyl groups is 1. The molecule has 7 heteroatoms. The highest BCUT2D eigenvalue weighted by Gasteiger charge is 2.49. The van der Waals surface area contributed by atoms with Crippen molar-refractivity contribution >= 4 is 12.1 Å². The van der Waals surface area contributed by atoms with E-state index in [9.17, 15) is 19.8 Å². The number of carboxylic acids is 1. The molecule has 0 saturated carbocycles. The first-order chi connectivity index (χ1) is 11.5. The highest BCUT2D eigenvalue weighted by molar-refractivity contribution is 5.81. The van der Waals surface area contributed by atoms with Gasteiger partial charge in [0.1, 0.15) is 17.4 Å². The lowest BCUT2D eigenvalue weighted by atomic mass is 10.0. The Kier molecular flexibility index (Phi) is 5.39. The summed E-state index contributed by atoms with van der Waals surface area (Å²) in [6.07, 6.45) is -0.858. The van der Waals surface area contributed by atoms with Gasteiger partial charge in [-0.25, -0.2) is 9.59 Å². The van der Waals surface area contributed by atoms with Crippen molar-refractivity contribution in [2.24, 2.45) is 0 Å². The van der Waals surface area contributed by atoms with E-state index >= 15 is 0 Å². The maximum atomic E-state index is 12.3. The Morgan fingerprint density at radius 1 is 1.32 bits per heavy atom. The molecule has 1 aliphatic rings. The minimum atomic E-state index is -1.50. The van der Waals surface area contributed by atoms with Crippen LogP contribution >= 0.6 is 0 Å². The molecule has 2 rings (SSSR count). The molecule has 1 aliphatic heterocycles. The monoisotopic (exact) mass is 350 g/mol. The summed E-state index contributed by atoms with van der Waals surface area (Å²) in [4.78, 5) is 24.9. The Hall–Kier alpha value is -2.12. The molecule has 1 aromatic carbocycles. The standard InChI is InChI=1S/C18H26N2O5/c1-12(13-8-6-5-7-9-13)19-18(24)10-14(15(21)22)20(11-18)16(23)25-17(2,3)4/h5-9,12,14,19,24H,10-11H2,1-4H3,(H,21,22). The average Bonchev–Trinajstić information content (AvgIpc) is 2.84. The lowest BCUT2D eigenvalue weighted by molar-refractivity contribution is -0.142.